The van der Waals surface area contributed by atoms with Crippen LogP contribution in [0.1, 0.15) is 48.8 Å². The summed E-state index contributed by atoms with van der Waals surface area (Å²) in [5.41, 5.74) is 2.89. The first-order chi connectivity index (χ1) is 14.8. The molecule has 2 N–H and O–H groups in total. The van der Waals surface area contributed by atoms with Gasteiger partial charge in [-0.15, -0.1) is 0 Å². The standard InChI is InChI=1S/C26H30N2O3/c1-18-9-10-19(2)20(15-18)16-24(29)27-23-8-6-7-22-21(23)11-14-28(25(22)30)17-26(31)12-4-3-5-13-26/h6-11,14-15,31H,3-5,12-13,16-17H2,1-2H3,(H,27,29). The average molecular weight is 419 g/mol. The Morgan fingerprint density at radius 1 is 1.06 bits per heavy atom. The zero-order valence-electron chi connectivity index (χ0n) is 18.3. The van der Waals surface area contributed by atoms with Gasteiger partial charge in [0.05, 0.1) is 18.6 Å². The van der Waals surface area contributed by atoms with E-state index in [0.717, 1.165) is 48.8 Å². The number of aromatic nitrogens is 1. The zero-order chi connectivity index (χ0) is 22.0. The molecule has 1 aliphatic carbocycles. The number of fused-ring (bicyclic) bond motifs is 1. The summed E-state index contributed by atoms with van der Waals surface area (Å²) in [6, 6.07) is 13.3. The lowest BCUT2D eigenvalue weighted by Gasteiger charge is -2.32. The van der Waals surface area contributed by atoms with E-state index in [-0.39, 0.29) is 17.9 Å². The predicted molar refractivity (Wildman–Crippen MR) is 124 cm³/mol. The van der Waals surface area contributed by atoms with Crippen molar-refractivity contribution in [2.24, 2.45) is 0 Å². The predicted octanol–water partition coefficient (Wildman–Crippen LogP) is 4.49. The highest BCUT2D eigenvalue weighted by Gasteiger charge is 2.30. The van der Waals surface area contributed by atoms with Gasteiger partial charge in [0.25, 0.3) is 5.56 Å². The van der Waals surface area contributed by atoms with Crippen molar-refractivity contribution in [1.29, 1.82) is 0 Å². The number of carbonyl (C=O) groups excluding carboxylic acids is 1. The SMILES string of the molecule is Cc1ccc(C)c(CC(=O)Nc2cccc3c(=O)n(CC4(O)CCCCC4)ccc23)c1. The molecule has 31 heavy (non-hydrogen) atoms. The minimum atomic E-state index is -0.812. The molecule has 1 aromatic heterocycles. The molecule has 3 aromatic rings. The highest BCUT2D eigenvalue weighted by Crippen LogP contribution is 2.29. The van der Waals surface area contributed by atoms with Gasteiger partial charge in [0, 0.05) is 22.7 Å². The maximum Gasteiger partial charge on any atom is 0.258 e. The molecule has 1 saturated carbocycles. The van der Waals surface area contributed by atoms with Gasteiger partial charge in [-0.25, -0.2) is 0 Å². The molecule has 1 heterocycles. The average Bonchev–Trinajstić information content (AvgIpc) is 2.73. The van der Waals surface area contributed by atoms with E-state index in [9.17, 15) is 14.7 Å². The normalized spacial score (nSPS) is 15.7. The third kappa shape index (κ3) is 4.72. The van der Waals surface area contributed by atoms with Crippen molar-refractivity contribution in [2.75, 3.05) is 5.32 Å². The Hall–Kier alpha value is -2.92. The summed E-state index contributed by atoms with van der Waals surface area (Å²) in [7, 11) is 0. The molecule has 0 atom stereocenters. The van der Waals surface area contributed by atoms with Gasteiger partial charge in [-0.1, -0.05) is 49.1 Å². The van der Waals surface area contributed by atoms with Crippen LogP contribution in [0.25, 0.3) is 10.8 Å². The summed E-state index contributed by atoms with van der Waals surface area (Å²) in [6.45, 7) is 4.33. The van der Waals surface area contributed by atoms with Crippen molar-refractivity contribution in [1.82, 2.24) is 4.57 Å². The van der Waals surface area contributed by atoms with Crippen molar-refractivity contribution in [2.45, 2.75) is 64.5 Å². The summed E-state index contributed by atoms with van der Waals surface area (Å²) in [5.74, 6) is -0.109. The molecule has 162 valence electrons. The molecule has 0 radical (unpaired) electrons. The molecule has 1 aliphatic rings. The quantitative estimate of drug-likeness (QED) is 0.641. The number of hydrogen-bond donors (Lipinski definition) is 2. The lowest BCUT2D eigenvalue weighted by Crippen LogP contribution is -2.39. The van der Waals surface area contributed by atoms with Crippen LogP contribution in [-0.4, -0.2) is 21.2 Å². The molecule has 0 bridgehead atoms. The van der Waals surface area contributed by atoms with Crippen LogP contribution in [0.3, 0.4) is 0 Å². The topological polar surface area (TPSA) is 71.3 Å². The van der Waals surface area contributed by atoms with Crippen molar-refractivity contribution >= 4 is 22.4 Å². The molecular formula is C26H30N2O3. The number of amides is 1. The molecule has 0 spiro atoms. The number of anilines is 1. The number of carbonyl (C=O) groups is 1. The molecule has 0 saturated heterocycles. The monoisotopic (exact) mass is 418 g/mol. The van der Waals surface area contributed by atoms with Crippen molar-refractivity contribution in [3.05, 3.63) is 75.7 Å². The van der Waals surface area contributed by atoms with Crippen LogP contribution in [0.2, 0.25) is 0 Å². The molecule has 2 aromatic carbocycles. The molecular weight excluding hydrogens is 388 g/mol. The smallest absolute Gasteiger partial charge is 0.258 e. The number of pyridine rings is 1. The fourth-order valence-electron chi connectivity index (χ4n) is 4.59. The van der Waals surface area contributed by atoms with Crippen LogP contribution in [0.5, 0.6) is 0 Å². The minimum Gasteiger partial charge on any atom is -0.388 e. The zero-order valence-corrected chi connectivity index (χ0v) is 18.3. The summed E-state index contributed by atoms with van der Waals surface area (Å²) >= 11 is 0. The van der Waals surface area contributed by atoms with Gasteiger partial charge >= 0.3 is 0 Å². The van der Waals surface area contributed by atoms with Crippen LogP contribution in [0.4, 0.5) is 5.69 Å². The largest absolute Gasteiger partial charge is 0.388 e. The summed E-state index contributed by atoms with van der Waals surface area (Å²) in [4.78, 5) is 25.8. The number of nitrogens with one attached hydrogen (secondary N) is 1. The maximum absolute atomic E-state index is 13.1. The second-order valence-corrected chi connectivity index (χ2v) is 8.96. The third-order valence-electron chi connectivity index (χ3n) is 6.40. The molecule has 0 aliphatic heterocycles. The molecule has 1 amide bonds. The minimum absolute atomic E-state index is 0.109. The van der Waals surface area contributed by atoms with E-state index in [1.54, 1.807) is 22.9 Å². The Labute approximate surface area is 182 Å². The van der Waals surface area contributed by atoms with E-state index in [2.05, 4.69) is 5.32 Å². The van der Waals surface area contributed by atoms with E-state index in [1.165, 1.54) is 0 Å². The Bertz CT molecular complexity index is 1170. The first-order valence-electron chi connectivity index (χ1n) is 11.1. The van der Waals surface area contributed by atoms with Crippen molar-refractivity contribution in [3.8, 4) is 0 Å². The second-order valence-electron chi connectivity index (χ2n) is 8.96. The van der Waals surface area contributed by atoms with Gasteiger partial charge in [-0.3, -0.25) is 9.59 Å². The second kappa shape index (κ2) is 8.67. The molecule has 0 unspecified atom stereocenters. The summed E-state index contributed by atoms with van der Waals surface area (Å²) < 4.78 is 1.61. The van der Waals surface area contributed by atoms with Gasteiger partial charge in [-0.05, 0) is 56.0 Å². The lowest BCUT2D eigenvalue weighted by molar-refractivity contribution is -0.115. The number of benzene rings is 2. The van der Waals surface area contributed by atoms with E-state index >= 15 is 0 Å². The third-order valence-corrected chi connectivity index (χ3v) is 6.40. The molecule has 5 heteroatoms. The Morgan fingerprint density at radius 3 is 2.61 bits per heavy atom. The fourth-order valence-corrected chi connectivity index (χ4v) is 4.59. The number of aliphatic hydroxyl groups is 1. The van der Waals surface area contributed by atoms with Crippen LogP contribution in [0, 0.1) is 13.8 Å². The molecule has 4 rings (SSSR count). The Kier molecular flexibility index (Phi) is 5.96. The molecule has 5 nitrogen and oxygen atoms in total. The van der Waals surface area contributed by atoms with Gasteiger partial charge in [0.1, 0.15) is 0 Å². The van der Waals surface area contributed by atoms with Crippen LogP contribution >= 0.6 is 0 Å². The Morgan fingerprint density at radius 2 is 1.84 bits per heavy atom. The first-order valence-corrected chi connectivity index (χ1v) is 11.1. The number of nitrogens with zero attached hydrogens (tertiary/aromatic N) is 1. The van der Waals surface area contributed by atoms with Gasteiger partial charge in [0.2, 0.25) is 5.91 Å². The maximum atomic E-state index is 13.1. The van der Waals surface area contributed by atoms with Crippen LogP contribution in [-0.2, 0) is 17.8 Å². The van der Waals surface area contributed by atoms with Gasteiger partial charge in [0.15, 0.2) is 0 Å². The van der Waals surface area contributed by atoms with Crippen molar-refractivity contribution < 1.29 is 9.90 Å². The highest BCUT2D eigenvalue weighted by atomic mass is 16.3. The summed E-state index contributed by atoms with van der Waals surface area (Å²) in [6.07, 6.45) is 6.61. The van der Waals surface area contributed by atoms with Gasteiger partial charge < -0.3 is 15.0 Å². The highest BCUT2D eigenvalue weighted by molar-refractivity contribution is 6.02. The van der Waals surface area contributed by atoms with Crippen LogP contribution < -0.4 is 10.9 Å². The van der Waals surface area contributed by atoms with E-state index in [1.807, 2.05) is 44.2 Å². The lowest BCUT2D eigenvalue weighted by atomic mass is 9.85. The number of aryl methyl sites for hydroxylation is 2. The molecule has 1 fully saturated rings. The van der Waals surface area contributed by atoms with E-state index < -0.39 is 5.60 Å². The number of hydrogen-bond acceptors (Lipinski definition) is 3. The van der Waals surface area contributed by atoms with Crippen LogP contribution in [0.15, 0.2) is 53.5 Å². The van der Waals surface area contributed by atoms with E-state index in [4.69, 9.17) is 0 Å². The fraction of sp³-hybridized carbons (Fsp3) is 0.385. The number of rotatable bonds is 5. The van der Waals surface area contributed by atoms with E-state index in [0.29, 0.717) is 23.0 Å². The Balaban J connectivity index is 1.58. The van der Waals surface area contributed by atoms with Crippen molar-refractivity contribution in [3.63, 3.8) is 0 Å². The first kappa shape index (κ1) is 21.3. The van der Waals surface area contributed by atoms with Gasteiger partial charge in [-0.2, -0.15) is 0 Å². The summed E-state index contributed by atoms with van der Waals surface area (Å²) in [5, 5.41) is 15.1.